The lowest BCUT2D eigenvalue weighted by Gasteiger charge is -1.93. The number of pyridine rings is 1. The normalized spacial score (nSPS) is 10.1. The van der Waals surface area contributed by atoms with E-state index in [0.717, 1.165) is 0 Å². The number of nitrogens with zero attached hydrogens (tertiary/aromatic N) is 3. The van der Waals surface area contributed by atoms with Gasteiger partial charge in [-0.05, 0) is 12.1 Å². The minimum Gasteiger partial charge on any atom is -0.294 e. The van der Waals surface area contributed by atoms with Crippen LogP contribution in [0.3, 0.4) is 0 Å². The predicted octanol–water partition coefficient (Wildman–Crippen LogP) is -0.601. The zero-order chi connectivity index (χ0) is 11.4. The van der Waals surface area contributed by atoms with Crippen molar-refractivity contribution in [2.45, 2.75) is 6.42 Å². The van der Waals surface area contributed by atoms with Gasteiger partial charge in [-0.2, -0.15) is 5.10 Å². The zero-order valence-corrected chi connectivity index (χ0v) is 8.34. The van der Waals surface area contributed by atoms with Gasteiger partial charge in [0.25, 0.3) is 0 Å². The van der Waals surface area contributed by atoms with Crippen molar-refractivity contribution in [2.24, 2.45) is 5.84 Å². The van der Waals surface area contributed by atoms with Gasteiger partial charge in [0.05, 0.1) is 6.42 Å². The van der Waals surface area contributed by atoms with E-state index < -0.39 is 0 Å². The van der Waals surface area contributed by atoms with Crippen LogP contribution in [0.5, 0.6) is 0 Å². The highest BCUT2D eigenvalue weighted by Crippen LogP contribution is 2.09. The Balaban J connectivity index is 2.17. The number of hydrogen-bond acceptors (Lipinski definition) is 5. The Kier molecular flexibility index (Phi) is 2.88. The zero-order valence-electron chi connectivity index (χ0n) is 8.34. The Morgan fingerprint density at radius 2 is 2.38 bits per heavy atom. The largest absolute Gasteiger partial charge is 0.294 e. The van der Waals surface area contributed by atoms with Crippen molar-refractivity contribution in [3.8, 4) is 11.5 Å². The Bertz CT molecular complexity index is 480. The first-order valence-electron chi connectivity index (χ1n) is 4.61. The molecule has 0 radical (unpaired) electrons. The quantitative estimate of drug-likeness (QED) is 0.362. The molecule has 16 heavy (non-hydrogen) atoms. The minimum absolute atomic E-state index is 0.0658. The maximum absolute atomic E-state index is 11.0. The third kappa shape index (κ3) is 2.20. The van der Waals surface area contributed by atoms with Crippen molar-refractivity contribution >= 4 is 5.91 Å². The van der Waals surface area contributed by atoms with Crippen LogP contribution in [0.25, 0.3) is 11.5 Å². The Morgan fingerprint density at radius 3 is 3.06 bits per heavy atom. The molecule has 0 aliphatic carbocycles. The molecule has 0 saturated carbocycles. The van der Waals surface area contributed by atoms with E-state index in [1.807, 2.05) is 11.5 Å². The molecular formula is C9H10N6O. The van der Waals surface area contributed by atoms with Gasteiger partial charge in [-0.15, -0.1) is 0 Å². The first kappa shape index (κ1) is 10.2. The molecule has 0 spiro atoms. The Hall–Kier alpha value is -2.28. The molecule has 0 aliphatic heterocycles. The number of H-pyrrole nitrogens is 1. The van der Waals surface area contributed by atoms with Crippen LogP contribution in [-0.2, 0) is 11.2 Å². The van der Waals surface area contributed by atoms with Crippen LogP contribution in [0.4, 0.5) is 0 Å². The summed E-state index contributed by atoms with van der Waals surface area (Å²) >= 11 is 0. The second kappa shape index (κ2) is 4.49. The van der Waals surface area contributed by atoms with E-state index in [-0.39, 0.29) is 12.3 Å². The van der Waals surface area contributed by atoms with Crippen LogP contribution in [-0.4, -0.2) is 26.1 Å². The highest BCUT2D eigenvalue weighted by atomic mass is 16.2. The third-order valence-electron chi connectivity index (χ3n) is 1.91. The molecular weight excluding hydrogens is 208 g/mol. The second-order valence-electron chi connectivity index (χ2n) is 3.06. The Morgan fingerprint density at radius 1 is 1.50 bits per heavy atom. The number of carbonyl (C=O) groups excluding carboxylic acids is 1. The number of amides is 1. The van der Waals surface area contributed by atoms with Crippen molar-refractivity contribution < 1.29 is 4.79 Å². The SMILES string of the molecule is NNC(=O)Cc1nc(-c2ccccn2)n[nH]1. The average Bonchev–Trinajstić information content (AvgIpc) is 2.78. The lowest BCUT2D eigenvalue weighted by molar-refractivity contribution is -0.120. The van der Waals surface area contributed by atoms with Gasteiger partial charge >= 0.3 is 0 Å². The molecule has 2 aromatic rings. The number of aromatic amines is 1. The molecule has 1 amide bonds. The average molecular weight is 218 g/mol. The Labute approximate surface area is 91.1 Å². The van der Waals surface area contributed by atoms with Crippen molar-refractivity contribution in [3.63, 3.8) is 0 Å². The molecule has 7 heteroatoms. The van der Waals surface area contributed by atoms with Gasteiger partial charge in [0.15, 0.2) is 5.82 Å². The van der Waals surface area contributed by atoms with E-state index in [1.165, 1.54) is 0 Å². The molecule has 4 N–H and O–H groups in total. The van der Waals surface area contributed by atoms with E-state index in [4.69, 9.17) is 5.84 Å². The number of rotatable bonds is 3. The molecule has 0 saturated heterocycles. The fourth-order valence-electron chi connectivity index (χ4n) is 1.19. The van der Waals surface area contributed by atoms with Gasteiger partial charge in [0.2, 0.25) is 5.91 Å². The summed E-state index contributed by atoms with van der Waals surface area (Å²) in [6, 6.07) is 5.43. The maximum atomic E-state index is 11.0. The highest BCUT2D eigenvalue weighted by Gasteiger charge is 2.09. The minimum atomic E-state index is -0.330. The lowest BCUT2D eigenvalue weighted by Crippen LogP contribution is -2.31. The summed E-state index contributed by atoms with van der Waals surface area (Å²) < 4.78 is 0. The van der Waals surface area contributed by atoms with E-state index in [2.05, 4.69) is 20.2 Å². The van der Waals surface area contributed by atoms with Crippen molar-refractivity contribution in [2.75, 3.05) is 0 Å². The smallest absolute Gasteiger partial charge is 0.241 e. The first-order valence-corrected chi connectivity index (χ1v) is 4.61. The maximum Gasteiger partial charge on any atom is 0.241 e. The molecule has 0 aromatic carbocycles. The van der Waals surface area contributed by atoms with Gasteiger partial charge in [0.1, 0.15) is 11.5 Å². The second-order valence-corrected chi connectivity index (χ2v) is 3.06. The summed E-state index contributed by atoms with van der Waals surface area (Å²) in [6.45, 7) is 0. The fourth-order valence-corrected chi connectivity index (χ4v) is 1.19. The van der Waals surface area contributed by atoms with Crippen LogP contribution < -0.4 is 11.3 Å². The number of nitrogens with one attached hydrogen (secondary N) is 2. The third-order valence-corrected chi connectivity index (χ3v) is 1.91. The summed E-state index contributed by atoms with van der Waals surface area (Å²) in [4.78, 5) is 19.2. The number of carbonyl (C=O) groups is 1. The number of hydrazine groups is 1. The van der Waals surface area contributed by atoms with Gasteiger partial charge in [-0.3, -0.25) is 20.3 Å². The van der Waals surface area contributed by atoms with Gasteiger partial charge in [-0.25, -0.2) is 10.8 Å². The van der Waals surface area contributed by atoms with Crippen molar-refractivity contribution in [3.05, 3.63) is 30.2 Å². The number of hydrogen-bond donors (Lipinski definition) is 3. The van der Waals surface area contributed by atoms with Crippen LogP contribution >= 0.6 is 0 Å². The molecule has 2 aromatic heterocycles. The van der Waals surface area contributed by atoms with E-state index in [1.54, 1.807) is 18.3 Å². The van der Waals surface area contributed by atoms with Crippen molar-refractivity contribution in [1.29, 1.82) is 0 Å². The summed E-state index contributed by atoms with van der Waals surface area (Å²) in [5.41, 5.74) is 2.67. The molecule has 0 unspecified atom stereocenters. The van der Waals surface area contributed by atoms with Crippen LogP contribution in [0.1, 0.15) is 5.82 Å². The summed E-state index contributed by atoms with van der Waals surface area (Å²) in [6.07, 6.45) is 1.72. The molecule has 0 fully saturated rings. The molecule has 0 bridgehead atoms. The standard InChI is InChI=1S/C9H10N6O/c10-13-8(16)5-7-12-9(15-14-7)6-3-1-2-4-11-6/h1-4H,5,10H2,(H,13,16)(H,12,14,15). The first-order chi connectivity index (χ1) is 7.79. The molecule has 82 valence electrons. The van der Waals surface area contributed by atoms with Crippen LogP contribution in [0, 0.1) is 0 Å². The summed E-state index contributed by atoms with van der Waals surface area (Å²) in [5.74, 6) is 5.54. The summed E-state index contributed by atoms with van der Waals surface area (Å²) in [7, 11) is 0. The number of aromatic nitrogens is 4. The molecule has 0 aliphatic rings. The fraction of sp³-hybridized carbons (Fsp3) is 0.111. The van der Waals surface area contributed by atoms with Crippen LogP contribution in [0.15, 0.2) is 24.4 Å². The van der Waals surface area contributed by atoms with Crippen molar-refractivity contribution in [1.82, 2.24) is 25.6 Å². The van der Waals surface area contributed by atoms with E-state index in [0.29, 0.717) is 17.3 Å². The van der Waals surface area contributed by atoms with E-state index in [9.17, 15) is 4.79 Å². The monoisotopic (exact) mass is 218 g/mol. The molecule has 7 nitrogen and oxygen atoms in total. The van der Waals surface area contributed by atoms with E-state index >= 15 is 0 Å². The predicted molar refractivity (Wildman–Crippen MR) is 55.6 cm³/mol. The molecule has 2 heterocycles. The molecule has 0 atom stereocenters. The lowest BCUT2D eigenvalue weighted by atomic mass is 10.3. The van der Waals surface area contributed by atoms with Gasteiger partial charge in [0, 0.05) is 6.20 Å². The van der Waals surface area contributed by atoms with Gasteiger partial charge in [-0.1, -0.05) is 6.07 Å². The number of nitrogens with two attached hydrogens (primary N) is 1. The topological polar surface area (TPSA) is 110 Å². The summed E-state index contributed by atoms with van der Waals surface area (Å²) in [5, 5.41) is 6.61. The van der Waals surface area contributed by atoms with Crippen LogP contribution in [0.2, 0.25) is 0 Å². The molecule has 2 rings (SSSR count). The van der Waals surface area contributed by atoms with Gasteiger partial charge < -0.3 is 0 Å². The highest BCUT2D eigenvalue weighted by molar-refractivity contribution is 5.77.